The topological polar surface area (TPSA) is 18.5 Å². The summed E-state index contributed by atoms with van der Waals surface area (Å²) in [4.78, 5) is 0. The Kier molecular flexibility index (Phi) is 9.22. The molecule has 9 heteroatoms. The fourth-order valence-corrected chi connectivity index (χ4v) is 4.49. The summed E-state index contributed by atoms with van der Waals surface area (Å²) < 4.78 is 104. The fourth-order valence-electron chi connectivity index (χ4n) is 4.49. The van der Waals surface area contributed by atoms with Crippen LogP contribution < -0.4 is 9.47 Å². The standard InChI is InChI=1S/C31H27F7O2/c1-2-3-4-5-14-39-23-11-13-24(26(32)18-23)21-10-12-25-22(17-21)9-8-20(29(25)35)7-6-19-15-27(33)30(28(34)16-19)40-31(36,37)38/h8-13,15-18H,2-7,14H2,1H3. The predicted octanol–water partition coefficient (Wildman–Crippen LogP) is 9.71. The normalized spacial score (nSPS) is 11.7. The summed E-state index contributed by atoms with van der Waals surface area (Å²) in [7, 11) is 0. The molecule has 212 valence electrons. The molecular weight excluding hydrogens is 537 g/mol. The number of unbranched alkanes of at least 4 members (excludes halogenated alkanes) is 3. The number of fused-ring (bicyclic) bond motifs is 1. The number of hydrogen-bond acceptors (Lipinski definition) is 2. The third-order valence-electron chi connectivity index (χ3n) is 6.51. The summed E-state index contributed by atoms with van der Waals surface area (Å²) >= 11 is 0. The highest BCUT2D eigenvalue weighted by atomic mass is 19.4. The van der Waals surface area contributed by atoms with Gasteiger partial charge in [0.25, 0.3) is 0 Å². The summed E-state index contributed by atoms with van der Waals surface area (Å²) in [6.45, 7) is 2.63. The SMILES string of the molecule is CCCCCCOc1ccc(-c2ccc3c(F)c(CCc4cc(F)c(OC(F)(F)F)c(F)c4)ccc3c2)c(F)c1. The second kappa shape index (κ2) is 12.6. The Balaban J connectivity index is 1.47. The average molecular weight is 565 g/mol. The van der Waals surface area contributed by atoms with Crippen molar-refractivity contribution < 1.29 is 40.2 Å². The number of halogens is 7. The van der Waals surface area contributed by atoms with E-state index in [-0.39, 0.29) is 29.4 Å². The Labute approximate surface area is 227 Å². The molecule has 4 aromatic rings. The van der Waals surface area contributed by atoms with E-state index in [4.69, 9.17) is 4.74 Å². The van der Waals surface area contributed by atoms with Gasteiger partial charge in [0.05, 0.1) is 6.61 Å². The van der Waals surface area contributed by atoms with Crippen molar-refractivity contribution in [1.82, 2.24) is 0 Å². The van der Waals surface area contributed by atoms with Gasteiger partial charge in [0.2, 0.25) is 5.75 Å². The van der Waals surface area contributed by atoms with Gasteiger partial charge in [-0.1, -0.05) is 50.5 Å². The second-order valence-electron chi connectivity index (χ2n) is 9.46. The first kappa shape index (κ1) is 29.2. The van der Waals surface area contributed by atoms with E-state index in [9.17, 15) is 26.3 Å². The van der Waals surface area contributed by atoms with Crippen LogP contribution in [0.15, 0.2) is 60.7 Å². The molecule has 0 atom stereocenters. The van der Waals surface area contributed by atoms with E-state index in [0.717, 1.165) is 37.8 Å². The Bertz CT molecular complexity index is 1460. The molecule has 0 spiro atoms. The van der Waals surface area contributed by atoms with Crippen molar-refractivity contribution in [3.8, 4) is 22.6 Å². The first-order chi connectivity index (χ1) is 19.1. The molecule has 0 unspecified atom stereocenters. The first-order valence-electron chi connectivity index (χ1n) is 12.9. The van der Waals surface area contributed by atoms with Crippen molar-refractivity contribution in [2.45, 2.75) is 51.8 Å². The molecule has 0 aliphatic carbocycles. The van der Waals surface area contributed by atoms with Crippen molar-refractivity contribution in [2.24, 2.45) is 0 Å². The molecule has 0 N–H and O–H groups in total. The minimum atomic E-state index is -5.24. The number of ether oxygens (including phenoxy) is 2. The first-order valence-corrected chi connectivity index (χ1v) is 12.9. The van der Waals surface area contributed by atoms with Gasteiger partial charge in [-0.2, -0.15) is 0 Å². The molecule has 0 aliphatic heterocycles. The third kappa shape index (κ3) is 7.25. The molecule has 0 radical (unpaired) electrons. The largest absolute Gasteiger partial charge is 0.573 e. The zero-order valence-corrected chi connectivity index (χ0v) is 21.7. The molecule has 0 amide bonds. The smallest absolute Gasteiger partial charge is 0.493 e. The van der Waals surface area contributed by atoms with Gasteiger partial charge in [-0.05, 0) is 71.7 Å². The zero-order valence-electron chi connectivity index (χ0n) is 21.7. The number of rotatable bonds is 11. The van der Waals surface area contributed by atoms with E-state index in [1.54, 1.807) is 30.3 Å². The van der Waals surface area contributed by atoms with Crippen LogP contribution in [0.4, 0.5) is 30.7 Å². The maximum Gasteiger partial charge on any atom is 0.573 e. The molecule has 4 aromatic carbocycles. The van der Waals surface area contributed by atoms with E-state index < -0.39 is 35.4 Å². The number of hydrogen-bond donors (Lipinski definition) is 0. The molecule has 0 fully saturated rings. The summed E-state index contributed by atoms with van der Waals surface area (Å²) in [5.41, 5.74) is 1.19. The van der Waals surface area contributed by atoms with E-state index in [1.165, 1.54) is 18.2 Å². The van der Waals surface area contributed by atoms with E-state index in [2.05, 4.69) is 11.7 Å². The minimum absolute atomic E-state index is 0.0289. The predicted molar refractivity (Wildman–Crippen MR) is 139 cm³/mol. The molecule has 40 heavy (non-hydrogen) atoms. The van der Waals surface area contributed by atoms with Gasteiger partial charge in [0.1, 0.15) is 17.4 Å². The maximum atomic E-state index is 15.3. The highest BCUT2D eigenvalue weighted by molar-refractivity contribution is 5.88. The summed E-state index contributed by atoms with van der Waals surface area (Å²) in [5.74, 6) is -5.11. The molecule has 2 nitrogen and oxygen atoms in total. The maximum absolute atomic E-state index is 15.3. The van der Waals surface area contributed by atoms with Crippen LogP contribution in [0.1, 0.15) is 43.7 Å². The van der Waals surface area contributed by atoms with Crippen LogP contribution in [-0.2, 0) is 12.8 Å². The second-order valence-corrected chi connectivity index (χ2v) is 9.46. The molecule has 0 bridgehead atoms. The molecule has 0 aliphatic rings. The number of aryl methyl sites for hydroxylation is 2. The molecule has 0 aromatic heterocycles. The summed E-state index contributed by atoms with van der Waals surface area (Å²) in [6, 6.07) is 14.1. The van der Waals surface area contributed by atoms with Crippen LogP contribution in [0.25, 0.3) is 21.9 Å². The Morgan fingerprint density at radius 2 is 1.48 bits per heavy atom. The lowest BCUT2D eigenvalue weighted by atomic mass is 9.97. The average Bonchev–Trinajstić information content (AvgIpc) is 2.90. The van der Waals surface area contributed by atoms with E-state index >= 15 is 4.39 Å². The van der Waals surface area contributed by atoms with Crippen molar-refractivity contribution in [2.75, 3.05) is 6.61 Å². The van der Waals surface area contributed by atoms with Gasteiger partial charge < -0.3 is 9.47 Å². The third-order valence-corrected chi connectivity index (χ3v) is 6.51. The van der Waals surface area contributed by atoms with Gasteiger partial charge in [-0.3, -0.25) is 0 Å². The highest BCUT2D eigenvalue weighted by Gasteiger charge is 2.34. The van der Waals surface area contributed by atoms with Gasteiger partial charge in [0, 0.05) is 17.0 Å². The molecule has 4 rings (SSSR count). The van der Waals surface area contributed by atoms with Crippen LogP contribution in [-0.4, -0.2) is 13.0 Å². The molecular formula is C31H27F7O2. The summed E-state index contributed by atoms with van der Waals surface area (Å²) in [6.07, 6.45) is -1.05. The summed E-state index contributed by atoms with van der Waals surface area (Å²) in [5, 5.41) is 0.806. The Morgan fingerprint density at radius 3 is 2.15 bits per heavy atom. The Morgan fingerprint density at radius 1 is 0.725 bits per heavy atom. The van der Waals surface area contributed by atoms with Crippen LogP contribution in [0.2, 0.25) is 0 Å². The van der Waals surface area contributed by atoms with Gasteiger partial charge in [-0.25, -0.2) is 17.6 Å². The van der Waals surface area contributed by atoms with Crippen molar-refractivity contribution in [3.63, 3.8) is 0 Å². The zero-order chi connectivity index (χ0) is 28.9. The van der Waals surface area contributed by atoms with Crippen molar-refractivity contribution >= 4 is 10.8 Å². The van der Waals surface area contributed by atoms with Crippen LogP contribution >= 0.6 is 0 Å². The van der Waals surface area contributed by atoms with Crippen molar-refractivity contribution in [3.05, 3.63) is 95.1 Å². The quantitative estimate of drug-likeness (QED) is 0.133. The highest BCUT2D eigenvalue weighted by Crippen LogP contribution is 2.32. The van der Waals surface area contributed by atoms with Crippen LogP contribution in [0, 0.1) is 23.3 Å². The molecule has 0 saturated carbocycles. The van der Waals surface area contributed by atoms with E-state index in [1.807, 2.05) is 0 Å². The van der Waals surface area contributed by atoms with Gasteiger partial charge in [-0.15, -0.1) is 13.2 Å². The van der Waals surface area contributed by atoms with Gasteiger partial charge >= 0.3 is 6.36 Å². The lowest BCUT2D eigenvalue weighted by molar-refractivity contribution is -0.276. The monoisotopic (exact) mass is 564 g/mol. The van der Waals surface area contributed by atoms with Crippen LogP contribution in [0.3, 0.4) is 0 Å². The molecule has 0 saturated heterocycles. The fraction of sp³-hybridized carbons (Fsp3) is 0.290. The van der Waals surface area contributed by atoms with Gasteiger partial charge in [0.15, 0.2) is 11.6 Å². The lowest BCUT2D eigenvalue weighted by Crippen LogP contribution is -2.19. The number of benzene rings is 4. The van der Waals surface area contributed by atoms with Crippen molar-refractivity contribution in [1.29, 1.82) is 0 Å². The van der Waals surface area contributed by atoms with Crippen LogP contribution in [0.5, 0.6) is 11.5 Å². The molecule has 0 heterocycles. The number of alkyl halides is 3. The van der Waals surface area contributed by atoms with E-state index in [0.29, 0.717) is 28.9 Å². The lowest BCUT2D eigenvalue weighted by Gasteiger charge is -2.12. The minimum Gasteiger partial charge on any atom is -0.493 e. The Hall–Kier alpha value is -3.75.